The summed E-state index contributed by atoms with van der Waals surface area (Å²) >= 11 is 2.20. The topological polar surface area (TPSA) is 56.8 Å². The number of amides is 1. The van der Waals surface area contributed by atoms with Crippen molar-refractivity contribution in [2.45, 2.75) is 19.6 Å². The van der Waals surface area contributed by atoms with Gasteiger partial charge in [0, 0.05) is 10.1 Å². The number of carbonyl (C=O) groups is 1. The van der Waals surface area contributed by atoms with E-state index >= 15 is 0 Å². The highest BCUT2D eigenvalue weighted by Crippen LogP contribution is 2.27. The Morgan fingerprint density at radius 2 is 1.88 bits per heavy atom. The first-order valence-corrected chi connectivity index (χ1v) is 8.52. The predicted octanol–water partition coefficient (Wildman–Crippen LogP) is 3.39. The van der Waals surface area contributed by atoms with Gasteiger partial charge in [-0.25, -0.2) is 0 Å². The fourth-order valence-corrected chi connectivity index (χ4v) is 2.64. The molecule has 6 heteroatoms. The van der Waals surface area contributed by atoms with E-state index < -0.39 is 6.10 Å². The number of hydrogen-bond donors (Lipinski definition) is 1. The van der Waals surface area contributed by atoms with Gasteiger partial charge in [0.1, 0.15) is 5.75 Å². The van der Waals surface area contributed by atoms with Gasteiger partial charge in [0.25, 0.3) is 5.91 Å². The molecule has 0 aliphatic carbocycles. The first-order chi connectivity index (χ1) is 11.5. The third-order valence-corrected chi connectivity index (χ3v) is 4.06. The molecule has 2 aromatic carbocycles. The maximum Gasteiger partial charge on any atom is 0.261 e. The van der Waals surface area contributed by atoms with Crippen LogP contribution in [0, 0.1) is 3.57 Å². The van der Waals surface area contributed by atoms with Crippen LogP contribution in [0.15, 0.2) is 42.5 Å². The van der Waals surface area contributed by atoms with Crippen LogP contribution in [-0.2, 0) is 11.3 Å². The Labute approximate surface area is 155 Å². The molecule has 1 amide bonds. The minimum atomic E-state index is -0.580. The van der Waals surface area contributed by atoms with Crippen LogP contribution in [0.3, 0.4) is 0 Å². The summed E-state index contributed by atoms with van der Waals surface area (Å²) in [6.07, 6.45) is -0.580. The Bertz CT molecular complexity index is 705. The fraction of sp³-hybridized carbons (Fsp3) is 0.278. The first-order valence-electron chi connectivity index (χ1n) is 7.44. The molecule has 2 rings (SSSR count). The second-order valence-electron chi connectivity index (χ2n) is 5.12. The van der Waals surface area contributed by atoms with Crippen molar-refractivity contribution in [2.24, 2.45) is 0 Å². The minimum Gasteiger partial charge on any atom is -0.493 e. The van der Waals surface area contributed by atoms with Crippen molar-refractivity contribution in [3.05, 3.63) is 51.6 Å². The maximum absolute atomic E-state index is 12.2. The highest BCUT2D eigenvalue weighted by Gasteiger charge is 2.15. The molecule has 2 aromatic rings. The van der Waals surface area contributed by atoms with Gasteiger partial charge in [-0.15, -0.1) is 0 Å². The van der Waals surface area contributed by atoms with Gasteiger partial charge in [-0.1, -0.05) is 12.1 Å². The first kappa shape index (κ1) is 18.4. The summed E-state index contributed by atoms with van der Waals surface area (Å²) in [5.74, 6) is 1.79. The van der Waals surface area contributed by atoms with E-state index in [4.69, 9.17) is 14.2 Å². The Morgan fingerprint density at radius 3 is 2.54 bits per heavy atom. The number of methoxy groups -OCH3 is 2. The Morgan fingerprint density at radius 1 is 1.12 bits per heavy atom. The molecule has 0 saturated heterocycles. The van der Waals surface area contributed by atoms with Gasteiger partial charge in [0.05, 0.1) is 14.2 Å². The molecule has 0 aliphatic heterocycles. The van der Waals surface area contributed by atoms with E-state index in [1.165, 1.54) is 0 Å². The molecule has 0 fully saturated rings. The van der Waals surface area contributed by atoms with Crippen LogP contribution in [0.25, 0.3) is 0 Å². The van der Waals surface area contributed by atoms with Gasteiger partial charge in [-0.2, -0.15) is 0 Å². The van der Waals surface area contributed by atoms with E-state index in [1.807, 2.05) is 42.5 Å². The number of carbonyl (C=O) groups excluding carboxylic acids is 1. The van der Waals surface area contributed by atoms with Crippen LogP contribution in [0.1, 0.15) is 12.5 Å². The van der Waals surface area contributed by atoms with E-state index in [1.54, 1.807) is 21.1 Å². The molecule has 0 bridgehead atoms. The van der Waals surface area contributed by atoms with Crippen molar-refractivity contribution in [2.75, 3.05) is 14.2 Å². The zero-order chi connectivity index (χ0) is 17.5. The molecule has 24 heavy (non-hydrogen) atoms. The van der Waals surface area contributed by atoms with Crippen molar-refractivity contribution in [1.29, 1.82) is 0 Å². The molecule has 0 heterocycles. The second-order valence-corrected chi connectivity index (χ2v) is 6.37. The van der Waals surface area contributed by atoms with Crippen molar-refractivity contribution in [1.82, 2.24) is 5.32 Å². The van der Waals surface area contributed by atoms with E-state index in [0.717, 1.165) is 9.13 Å². The molecule has 0 saturated carbocycles. The van der Waals surface area contributed by atoms with Crippen LogP contribution in [0.4, 0.5) is 0 Å². The molecule has 1 N–H and O–H groups in total. The largest absolute Gasteiger partial charge is 0.493 e. The quantitative estimate of drug-likeness (QED) is 0.670. The van der Waals surface area contributed by atoms with Crippen molar-refractivity contribution >= 4 is 28.5 Å². The van der Waals surface area contributed by atoms with Gasteiger partial charge in [0.2, 0.25) is 0 Å². The molecule has 0 radical (unpaired) electrons. The highest BCUT2D eigenvalue weighted by molar-refractivity contribution is 14.1. The van der Waals surface area contributed by atoms with Gasteiger partial charge < -0.3 is 19.5 Å². The molecule has 0 spiro atoms. The summed E-state index contributed by atoms with van der Waals surface area (Å²) in [6, 6.07) is 13.1. The van der Waals surface area contributed by atoms with E-state index in [9.17, 15) is 4.79 Å². The van der Waals surface area contributed by atoms with Crippen molar-refractivity contribution in [3.8, 4) is 17.2 Å². The molecule has 128 valence electrons. The van der Waals surface area contributed by atoms with Crippen LogP contribution in [-0.4, -0.2) is 26.2 Å². The van der Waals surface area contributed by atoms with Crippen LogP contribution >= 0.6 is 22.6 Å². The number of rotatable bonds is 7. The average Bonchev–Trinajstić information content (AvgIpc) is 2.59. The molecular weight excluding hydrogens is 421 g/mol. The molecule has 0 aromatic heterocycles. The fourth-order valence-electron chi connectivity index (χ4n) is 2.12. The summed E-state index contributed by atoms with van der Waals surface area (Å²) in [5.41, 5.74) is 0.919. The molecule has 5 nitrogen and oxygen atoms in total. The molecule has 1 unspecified atom stereocenters. The van der Waals surface area contributed by atoms with E-state index in [0.29, 0.717) is 23.8 Å². The molecular formula is C18H20INO4. The van der Waals surface area contributed by atoms with Gasteiger partial charge >= 0.3 is 0 Å². The smallest absolute Gasteiger partial charge is 0.261 e. The standard InChI is InChI=1S/C18H20INO4/c1-12(24-15-6-4-5-14(19)10-15)18(21)20-11-13-7-8-16(22-2)17(9-13)23-3/h4-10,12H,11H2,1-3H3,(H,20,21). The van der Waals surface area contributed by atoms with Crippen LogP contribution in [0.5, 0.6) is 17.2 Å². The third-order valence-electron chi connectivity index (χ3n) is 3.39. The number of benzene rings is 2. The minimum absolute atomic E-state index is 0.177. The lowest BCUT2D eigenvalue weighted by Gasteiger charge is -2.15. The normalized spacial score (nSPS) is 11.5. The monoisotopic (exact) mass is 441 g/mol. The summed E-state index contributed by atoms with van der Waals surface area (Å²) < 4.78 is 17.2. The zero-order valence-electron chi connectivity index (χ0n) is 13.8. The Hall–Kier alpha value is -1.96. The van der Waals surface area contributed by atoms with Crippen LogP contribution < -0.4 is 19.5 Å². The van der Waals surface area contributed by atoms with E-state index in [-0.39, 0.29) is 5.91 Å². The lowest BCUT2D eigenvalue weighted by Crippen LogP contribution is -2.35. The van der Waals surface area contributed by atoms with Crippen molar-refractivity contribution in [3.63, 3.8) is 0 Å². The highest BCUT2D eigenvalue weighted by atomic mass is 127. The number of nitrogens with one attached hydrogen (secondary N) is 1. The van der Waals surface area contributed by atoms with Gasteiger partial charge in [0.15, 0.2) is 17.6 Å². The number of ether oxygens (including phenoxy) is 3. The molecule has 1 atom stereocenters. The lowest BCUT2D eigenvalue weighted by molar-refractivity contribution is -0.127. The average molecular weight is 441 g/mol. The Kier molecular flexibility index (Phi) is 6.72. The lowest BCUT2D eigenvalue weighted by atomic mass is 10.2. The third kappa shape index (κ3) is 5.02. The number of halogens is 1. The summed E-state index contributed by atoms with van der Waals surface area (Å²) in [5, 5.41) is 2.86. The maximum atomic E-state index is 12.2. The zero-order valence-corrected chi connectivity index (χ0v) is 16.0. The van der Waals surface area contributed by atoms with E-state index in [2.05, 4.69) is 27.9 Å². The summed E-state index contributed by atoms with van der Waals surface area (Å²) in [7, 11) is 3.17. The SMILES string of the molecule is COc1ccc(CNC(=O)C(C)Oc2cccc(I)c2)cc1OC. The van der Waals surface area contributed by atoms with Gasteiger partial charge in [-0.3, -0.25) is 4.79 Å². The van der Waals surface area contributed by atoms with Gasteiger partial charge in [-0.05, 0) is 65.4 Å². The van der Waals surface area contributed by atoms with Crippen molar-refractivity contribution < 1.29 is 19.0 Å². The van der Waals surface area contributed by atoms with Crippen LogP contribution in [0.2, 0.25) is 0 Å². The summed E-state index contributed by atoms with van der Waals surface area (Å²) in [4.78, 5) is 12.2. The number of hydrogen-bond acceptors (Lipinski definition) is 4. The summed E-state index contributed by atoms with van der Waals surface area (Å²) in [6.45, 7) is 2.11. The Balaban J connectivity index is 1.92. The second kappa shape index (κ2) is 8.77. The molecule has 0 aliphatic rings. The predicted molar refractivity (Wildman–Crippen MR) is 101 cm³/mol.